The molecule has 0 unspecified atom stereocenters. The van der Waals surface area contributed by atoms with Gasteiger partial charge in [0, 0.05) is 18.7 Å². The van der Waals surface area contributed by atoms with Crippen molar-refractivity contribution in [1.29, 1.82) is 0 Å². The summed E-state index contributed by atoms with van der Waals surface area (Å²) in [5.74, 6) is 0.396. The number of carbonyl (C=O) groups excluding carboxylic acids is 1. The largest absolute Gasteiger partial charge is 0.454 e. The number of nitrogens with zero attached hydrogens (tertiary/aromatic N) is 1. The molecule has 0 radical (unpaired) electrons. The maximum atomic E-state index is 13.7. The van der Waals surface area contributed by atoms with E-state index in [1.807, 2.05) is 0 Å². The lowest BCUT2D eigenvalue weighted by molar-refractivity contribution is 0.102. The lowest BCUT2D eigenvalue weighted by Gasteiger charge is -2.30. The van der Waals surface area contributed by atoms with Crippen LogP contribution in [0.2, 0.25) is 0 Å². The Morgan fingerprint density at radius 1 is 1.04 bits per heavy atom. The quantitative estimate of drug-likeness (QED) is 0.928. The first kappa shape index (κ1) is 15.7. The van der Waals surface area contributed by atoms with Gasteiger partial charge in [-0.3, -0.25) is 4.79 Å². The van der Waals surface area contributed by atoms with Crippen molar-refractivity contribution >= 4 is 17.3 Å². The minimum atomic E-state index is -0.405. The van der Waals surface area contributed by atoms with E-state index in [9.17, 15) is 9.18 Å². The molecule has 0 spiro atoms. The third-order valence-corrected chi connectivity index (χ3v) is 4.19. The summed E-state index contributed by atoms with van der Waals surface area (Å²) in [7, 11) is 0. The molecule has 1 saturated heterocycles. The zero-order chi connectivity index (χ0) is 17.2. The van der Waals surface area contributed by atoms with Crippen LogP contribution in [0.3, 0.4) is 0 Å². The summed E-state index contributed by atoms with van der Waals surface area (Å²) < 4.78 is 29.6. The van der Waals surface area contributed by atoms with Gasteiger partial charge in [-0.05, 0) is 36.4 Å². The first-order valence-electron chi connectivity index (χ1n) is 8.04. The number of amides is 1. The van der Waals surface area contributed by atoms with Crippen LogP contribution in [0.5, 0.6) is 11.5 Å². The van der Waals surface area contributed by atoms with Crippen LogP contribution in [-0.2, 0) is 4.74 Å². The molecular formula is C18H17FN2O4. The molecule has 1 fully saturated rings. The summed E-state index contributed by atoms with van der Waals surface area (Å²) in [4.78, 5) is 14.7. The molecule has 6 nitrogen and oxygen atoms in total. The summed E-state index contributed by atoms with van der Waals surface area (Å²) in [6.45, 7) is 2.74. The molecule has 25 heavy (non-hydrogen) atoms. The minimum absolute atomic E-state index is 0.144. The number of morpholine rings is 1. The molecule has 0 aliphatic carbocycles. The topological polar surface area (TPSA) is 60.0 Å². The highest BCUT2D eigenvalue weighted by Gasteiger charge is 2.19. The van der Waals surface area contributed by atoms with Crippen molar-refractivity contribution in [3.8, 4) is 11.5 Å². The molecule has 2 aromatic rings. The average molecular weight is 344 g/mol. The zero-order valence-corrected chi connectivity index (χ0v) is 13.5. The lowest BCUT2D eigenvalue weighted by atomic mass is 10.1. The second kappa shape index (κ2) is 6.60. The van der Waals surface area contributed by atoms with Gasteiger partial charge in [0.15, 0.2) is 11.5 Å². The predicted molar refractivity (Wildman–Crippen MR) is 90.0 cm³/mol. The number of ether oxygens (including phenoxy) is 3. The Hall–Kier alpha value is -2.80. The molecule has 0 atom stereocenters. The fraction of sp³-hybridized carbons (Fsp3) is 0.278. The van der Waals surface area contributed by atoms with Crippen LogP contribution in [0, 0.1) is 5.82 Å². The number of nitrogens with one attached hydrogen (secondary N) is 1. The molecule has 0 saturated carbocycles. The van der Waals surface area contributed by atoms with Crippen molar-refractivity contribution in [3.63, 3.8) is 0 Å². The van der Waals surface area contributed by atoms with E-state index in [2.05, 4.69) is 10.2 Å². The Kier molecular flexibility index (Phi) is 4.15. The van der Waals surface area contributed by atoms with E-state index in [-0.39, 0.29) is 12.7 Å². The SMILES string of the molecule is O=C(Nc1cc(F)ccc1N1CCOCC1)c1ccc2c(c1)OCO2. The second-order valence-corrected chi connectivity index (χ2v) is 5.78. The van der Waals surface area contributed by atoms with Gasteiger partial charge in [-0.15, -0.1) is 0 Å². The van der Waals surface area contributed by atoms with Crippen LogP contribution in [0.4, 0.5) is 15.8 Å². The van der Waals surface area contributed by atoms with Crippen LogP contribution >= 0.6 is 0 Å². The summed E-state index contributed by atoms with van der Waals surface area (Å²) in [6, 6.07) is 9.35. The molecule has 7 heteroatoms. The van der Waals surface area contributed by atoms with Gasteiger partial charge in [-0.25, -0.2) is 4.39 Å². The highest BCUT2D eigenvalue weighted by Crippen LogP contribution is 2.33. The van der Waals surface area contributed by atoms with Crippen molar-refractivity contribution in [1.82, 2.24) is 0 Å². The van der Waals surface area contributed by atoms with E-state index < -0.39 is 5.82 Å². The smallest absolute Gasteiger partial charge is 0.255 e. The Bertz CT molecular complexity index is 806. The number of anilines is 2. The fourth-order valence-electron chi connectivity index (χ4n) is 2.92. The van der Waals surface area contributed by atoms with Crippen LogP contribution in [0.1, 0.15) is 10.4 Å². The zero-order valence-electron chi connectivity index (χ0n) is 13.5. The fourth-order valence-corrected chi connectivity index (χ4v) is 2.92. The summed E-state index contributed by atoms with van der Waals surface area (Å²) in [5, 5.41) is 2.80. The molecule has 1 N–H and O–H groups in total. The van der Waals surface area contributed by atoms with Gasteiger partial charge in [0.25, 0.3) is 5.91 Å². The molecule has 2 aliphatic heterocycles. The molecule has 4 rings (SSSR count). The van der Waals surface area contributed by atoms with Gasteiger partial charge in [0.05, 0.1) is 24.6 Å². The lowest BCUT2D eigenvalue weighted by Crippen LogP contribution is -2.36. The first-order valence-corrected chi connectivity index (χ1v) is 8.04. The molecule has 0 bridgehead atoms. The van der Waals surface area contributed by atoms with E-state index in [4.69, 9.17) is 14.2 Å². The second-order valence-electron chi connectivity index (χ2n) is 5.78. The number of hydrogen-bond acceptors (Lipinski definition) is 5. The van der Waals surface area contributed by atoms with Crippen LogP contribution in [-0.4, -0.2) is 39.0 Å². The van der Waals surface area contributed by atoms with Gasteiger partial charge in [0.1, 0.15) is 5.82 Å². The Balaban J connectivity index is 1.59. The van der Waals surface area contributed by atoms with E-state index in [0.717, 1.165) is 5.69 Å². The summed E-state index contributed by atoms with van der Waals surface area (Å²) >= 11 is 0. The van der Waals surface area contributed by atoms with Gasteiger partial charge in [-0.1, -0.05) is 0 Å². The van der Waals surface area contributed by atoms with Crippen molar-refractivity contribution in [3.05, 3.63) is 47.8 Å². The monoisotopic (exact) mass is 344 g/mol. The normalized spacial score (nSPS) is 16.0. The number of fused-ring (bicyclic) bond motifs is 1. The summed E-state index contributed by atoms with van der Waals surface area (Å²) in [5.41, 5.74) is 1.63. The van der Waals surface area contributed by atoms with Gasteiger partial charge in [0.2, 0.25) is 6.79 Å². The van der Waals surface area contributed by atoms with Crippen molar-refractivity contribution in [2.45, 2.75) is 0 Å². The van der Waals surface area contributed by atoms with Crippen molar-refractivity contribution in [2.75, 3.05) is 43.3 Å². The van der Waals surface area contributed by atoms with Gasteiger partial charge in [-0.2, -0.15) is 0 Å². The summed E-state index contributed by atoms with van der Waals surface area (Å²) in [6.07, 6.45) is 0. The van der Waals surface area contributed by atoms with Crippen LogP contribution in [0.25, 0.3) is 0 Å². The molecule has 0 aromatic heterocycles. The third kappa shape index (κ3) is 3.23. The maximum absolute atomic E-state index is 13.7. The van der Waals surface area contributed by atoms with Crippen molar-refractivity contribution < 1.29 is 23.4 Å². The third-order valence-electron chi connectivity index (χ3n) is 4.19. The Labute approximate surface area is 144 Å². The maximum Gasteiger partial charge on any atom is 0.255 e. The number of rotatable bonds is 3. The van der Waals surface area contributed by atoms with Crippen LogP contribution in [0.15, 0.2) is 36.4 Å². The average Bonchev–Trinajstić information content (AvgIpc) is 3.10. The predicted octanol–water partition coefficient (Wildman–Crippen LogP) is 2.64. The minimum Gasteiger partial charge on any atom is -0.454 e. The number of hydrogen-bond donors (Lipinski definition) is 1. The van der Waals surface area contributed by atoms with E-state index >= 15 is 0 Å². The number of carbonyl (C=O) groups is 1. The molecule has 1 amide bonds. The van der Waals surface area contributed by atoms with E-state index in [1.165, 1.54) is 12.1 Å². The Morgan fingerprint density at radius 2 is 1.84 bits per heavy atom. The molecule has 2 aromatic carbocycles. The van der Waals surface area contributed by atoms with E-state index in [1.54, 1.807) is 24.3 Å². The van der Waals surface area contributed by atoms with E-state index in [0.29, 0.717) is 49.1 Å². The first-order chi connectivity index (χ1) is 12.2. The molecule has 2 heterocycles. The molecular weight excluding hydrogens is 327 g/mol. The van der Waals surface area contributed by atoms with Gasteiger partial charge >= 0.3 is 0 Å². The highest BCUT2D eigenvalue weighted by atomic mass is 19.1. The van der Waals surface area contributed by atoms with Crippen LogP contribution < -0.4 is 19.7 Å². The van der Waals surface area contributed by atoms with Crippen molar-refractivity contribution in [2.24, 2.45) is 0 Å². The Morgan fingerprint density at radius 3 is 2.68 bits per heavy atom. The number of halogens is 1. The highest BCUT2D eigenvalue weighted by molar-refractivity contribution is 6.06. The molecule has 2 aliphatic rings. The molecule has 130 valence electrons. The standard InChI is InChI=1S/C18H17FN2O4/c19-13-2-3-15(21-5-7-23-8-6-21)14(10-13)20-18(22)12-1-4-16-17(9-12)25-11-24-16/h1-4,9-10H,5-8,11H2,(H,20,22). The number of benzene rings is 2. The van der Waals surface area contributed by atoms with Gasteiger partial charge < -0.3 is 24.4 Å².